The smallest absolute Gasteiger partial charge is 0.339 e. The van der Waals surface area contributed by atoms with Gasteiger partial charge < -0.3 is 14.6 Å². The van der Waals surface area contributed by atoms with E-state index in [9.17, 15) is 14.4 Å². The topological polar surface area (TPSA) is 89.9 Å². The molecule has 0 amide bonds. The molecule has 0 aliphatic rings. The molecule has 0 spiro atoms. The molecule has 0 saturated heterocycles. The van der Waals surface area contributed by atoms with E-state index >= 15 is 0 Å². The Balaban J connectivity index is 2.09. The van der Waals surface area contributed by atoms with Crippen molar-refractivity contribution in [2.24, 2.45) is 0 Å². The number of carbonyl (C=O) groups excluding carboxylic acids is 2. The molecule has 26 heavy (non-hydrogen) atoms. The van der Waals surface area contributed by atoms with Crippen molar-refractivity contribution >= 4 is 17.9 Å². The highest BCUT2D eigenvalue weighted by atomic mass is 16.5. The number of esters is 2. The van der Waals surface area contributed by atoms with E-state index in [0.29, 0.717) is 12.2 Å². The number of ether oxygens (including phenoxy) is 2. The molecule has 0 bridgehead atoms. The summed E-state index contributed by atoms with van der Waals surface area (Å²) in [7, 11) is 0. The Bertz CT molecular complexity index is 635. The maximum atomic E-state index is 11.9. The van der Waals surface area contributed by atoms with Crippen molar-refractivity contribution < 1.29 is 29.0 Å². The number of carbonyl (C=O) groups is 3. The third kappa shape index (κ3) is 7.96. The van der Waals surface area contributed by atoms with Crippen LogP contribution in [0.4, 0.5) is 0 Å². The molecule has 142 valence electrons. The minimum atomic E-state index is -1.15. The van der Waals surface area contributed by atoms with Crippen molar-refractivity contribution in [3.8, 4) is 0 Å². The van der Waals surface area contributed by atoms with Crippen LogP contribution in [0.25, 0.3) is 0 Å². The zero-order valence-corrected chi connectivity index (χ0v) is 15.2. The van der Waals surface area contributed by atoms with E-state index in [1.807, 2.05) is 0 Å². The fourth-order valence-electron chi connectivity index (χ4n) is 2.29. The lowest BCUT2D eigenvalue weighted by atomic mass is 10.1. The monoisotopic (exact) mass is 362 g/mol. The highest BCUT2D eigenvalue weighted by Gasteiger charge is 2.16. The quantitative estimate of drug-likeness (QED) is 0.343. The highest BCUT2D eigenvalue weighted by molar-refractivity contribution is 6.02. The van der Waals surface area contributed by atoms with E-state index in [4.69, 9.17) is 14.6 Å². The number of unbranched alkanes of at least 4 members (excludes halogenated alkanes) is 5. The first-order chi connectivity index (χ1) is 12.4. The van der Waals surface area contributed by atoms with Crippen molar-refractivity contribution in [1.29, 1.82) is 0 Å². The van der Waals surface area contributed by atoms with E-state index in [0.717, 1.165) is 38.5 Å². The van der Waals surface area contributed by atoms with Gasteiger partial charge in [-0.15, -0.1) is 0 Å². The van der Waals surface area contributed by atoms with Crippen molar-refractivity contribution in [3.63, 3.8) is 0 Å². The maximum absolute atomic E-state index is 11.9. The van der Waals surface area contributed by atoms with Crippen LogP contribution in [0.15, 0.2) is 36.4 Å². The molecule has 0 aliphatic heterocycles. The van der Waals surface area contributed by atoms with Crippen LogP contribution in [-0.4, -0.2) is 36.2 Å². The van der Waals surface area contributed by atoms with Gasteiger partial charge in [-0.05, 0) is 31.9 Å². The van der Waals surface area contributed by atoms with Crippen LogP contribution in [0.3, 0.4) is 0 Å². The van der Waals surface area contributed by atoms with Crippen molar-refractivity contribution in [3.05, 3.63) is 47.5 Å². The molecule has 1 aromatic carbocycles. The highest BCUT2D eigenvalue weighted by Crippen LogP contribution is 2.11. The lowest BCUT2D eigenvalue weighted by Gasteiger charge is -2.07. The van der Waals surface area contributed by atoms with E-state index in [-0.39, 0.29) is 23.7 Å². The molecule has 6 heteroatoms. The molecule has 6 nitrogen and oxygen atoms in total. The molecule has 1 N–H and O–H groups in total. The summed E-state index contributed by atoms with van der Waals surface area (Å²) in [5, 5.41) is 9.06. The second-order valence-electron chi connectivity index (χ2n) is 6.02. The van der Waals surface area contributed by atoms with Gasteiger partial charge in [0.05, 0.1) is 24.3 Å². The van der Waals surface area contributed by atoms with E-state index in [1.54, 1.807) is 19.1 Å². The Morgan fingerprint density at radius 1 is 0.885 bits per heavy atom. The third-order valence-corrected chi connectivity index (χ3v) is 3.73. The van der Waals surface area contributed by atoms with E-state index in [1.165, 1.54) is 12.1 Å². The van der Waals surface area contributed by atoms with Crippen LogP contribution in [0.2, 0.25) is 0 Å². The molecule has 0 atom stereocenters. The predicted molar refractivity (Wildman–Crippen MR) is 97.2 cm³/mol. The van der Waals surface area contributed by atoms with Crippen LogP contribution in [0, 0.1) is 0 Å². The average molecular weight is 362 g/mol. The summed E-state index contributed by atoms with van der Waals surface area (Å²) in [6.45, 7) is 5.81. The molecular formula is C20H26O6. The van der Waals surface area contributed by atoms with Gasteiger partial charge in [-0.25, -0.2) is 14.4 Å². The molecule has 0 aromatic heterocycles. The minimum absolute atomic E-state index is 0.0511. The Hall–Kier alpha value is -2.63. The van der Waals surface area contributed by atoms with Crippen molar-refractivity contribution in [1.82, 2.24) is 0 Å². The second kappa shape index (κ2) is 11.8. The summed E-state index contributed by atoms with van der Waals surface area (Å²) in [5.41, 5.74) is 0.430. The SMILES string of the molecule is C=C(C)C(=O)OCCCCCCCCOC(=O)c1ccccc1C(=O)O. The minimum Gasteiger partial charge on any atom is -0.478 e. The second-order valence-corrected chi connectivity index (χ2v) is 6.02. The largest absolute Gasteiger partial charge is 0.478 e. The van der Waals surface area contributed by atoms with Gasteiger partial charge in [-0.1, -0.05) is 44.4 Å². The average Bonchev–Trinajstić information content (AvgIpc) is 2.62. The first kappa shape index (κ1) is 21.4. The van der Waals surface area contributed by atoms with Crippen LogP contribution < -0.4 is 0 Å². The fraction of sp³-hybridized carbons (Fsp3) is 0.450. The summed E-state index contributed by atoms with van der Waals surface area (Å²) < 4.78 is 10.2. The fourth-order valence-corrected chi connectivity index (χ4v) is 2.29. The van der Waals surface area contributed by atoms with Gasteiger partial charge in [-0.3, -0.25) is 0 Å². The molecular weight excluding hydrogens is 336 g/mol. The summed E-state index contributed by atoms with van der Waals surface area (Å²) in [6.07, 6.45) is 5.44. The zero-order chi connectivity index (χ0) is 19.4. The summed E-state index contributed by atoms with van der Waals surface area (Å²) in [6, 6.07) is 6.01. The van der Waals surface area contributed by atoms with Gasteiger partial charge >= 0.3 is 17.9 Å². The first-order valence-corrected chi connectivity index (χ1v) is 8.75. The number of benzene rings is 1. The molecule has 1 aromatic rings. The summed E-state index contributed by atoms with van der Waals surface area (Å²) in [5.74, 6) is -2.11. The summed E-state index contributed by atoms with van der Waals surface area (Å²) in [4.78, 5) is 34.2. The molecule has 0 heterocycles. The Kier molecular flexibility index (Phi) is 9.75. The number of carboxylic acids is 1. The predicted octanol–water partition coefficient (Wildman–Crippen LogP) is 4.00. The van der Waals surface area contributed by atoms with Gasteiger partial charge in [-0.2, -0.15) is 0 Å². The van der Waals surface area contributed by atoms with Crippen molar-refractivity contribution in [2.75, 3.05) is 13.2 Å². The lowest BCUT2D eigenvalue weighted by molar-refractivity contribution is -0.139. The molecule has 1 rings (SSSR count). The Labute approximate surface area is 153 Å². The Morgan fingerprint density at radius 2 is 1.38 bits per heavy atom. The number of carboxylic acid groups (broad SMARTS) is 1. The number of aromatic carboxylic acids is 1. The third-order valence-electron chi connectivity index (χ3n) is 3.73. The van der Waals surface area contributed by atoms with E-state index < -0.39 is 11.9 Å². The summed E-state index contributed by atoms with van der Waals surface area (Å²) >= 11 is 0. The zero-order valence-electron chi connectivity index (χ0n) is 15.2. The number of hydrogen-bond donors (Lipinski definition) is 1. The van der Waals surface area contributed by atoms with Gasteiger partial charge in [0.1, 0.15) is 0 Å². The normalized spacial score (nSPS) is 10.2. The Morgan fingerprint density at radius 3 is 1.92 bits per heavy atom. The molecule has 0 radical (unpaired) electrons. The molecule has 0 fully saturated rings. The molecule has 0 unspecified atom stereocenters. The van der Waals surface area contributed by atoms with Gasteiger partial charge in [0.2, 0.25) is 0 Å². The van der Waals surface area contributed by atoms with Crippen LogP contribution in [0.1, 0.15) is 66.2 Å². The van der Waals surface area contributed by atoms with Crippen molar-refractivity contribution in [2.45, 2.75) is 45.4 Å². The van der Waals surface area contributed by atoms with Crippen LogP contribution in [-0.2, 0) is 14.3 Å². The standard InChI is InChI=1S/C20H26O6/c1-15(2)19(23)25-13-9-5-3-4-6-10-14-26-20(24)17-12-8-7-11-16(17)18(21)22/h7-8,11-12H,1,3-6,9-10,13-14H2,2H3,(H,21,22). The van der Waals surface area contributed by atoms with Crippen LogP contribution in [0.5, 0.6) is 0 Å². The number of rotatable bonds is 12. The van der Waals surface area contributed by atoms with Gasteiger partial charge in [0, 0.05) is 5.57 Å². The van der Waals surface area contributed by atoms with E-state index in [2.05, 4.69) is 6.58 Å². The van der Waals surface area contributed by atoms with Crippen LogP contribution >= 0.6 is 0 Å². The molecule has 0 saturated carbocycles. The molecule has 0 aliphatic carbocycles. The van der Waals surface area contributed by atoms with Gasteiger partial charge in [0.25, 0.3) is 0 Å². The number of hydrogen-bond acceptors (Lipinski definition) is 5. The van der Waals surface area contributed by atoms with Gasteiger partial charge in [0.15, 0.2) is 0 Å². The maximum Gasteiger partial charge on any atom is 0.339 e. The lowest BCUT2D eigenvalue weighted by Crippen LogP contribution is -2.12. The first-order valence-electron chi connectivity index (χ1n) is 8.75.